The molecule has 0 spiro atoms. The summed E-state index contributed by atoms with van der Waals surface area (Å²) in [6.45, 7) is 0.218. The number of anilines is 1. The Hall–Kier alpha value is -2.43. The Morgan fingerprint density at radius 1 is 0.917 bits per heavy atom. The molecule has 0 saturated carbocycles. The molecule has 4 nitrogen and oxygen atoms in total. The van der Waals surface area contributed by atoms with Crippen LogP contribution in [0, 0.1) is 0 Å². The van der Waals surface area contributed by atoms with Gasteiger partial charge in [-0.2, -0.15) is 0 Å². The number of nitrogens with one attached hydrogen (secondary N) is 1. The second-order valence-electron chi connectivity index (χ2n) is 4.97. The lowest BCUT2D eigenvalue weighted by molar-refractivity contribution is 0.0992. The highest BCUT2D eigenvalue weighted by atomic mass is 35.5. The highest BCUT2D eigenvalue weighted by molar-refractivity contribution is 6.30. The number of rotatable bonds is 5. The molecule has 0 atom stereocenters. The number of hydrogen-bond donors (Lipinski definition) is 1. The predicted molar refractivity (Wildman–Crippen MR) is 93.9 cm³/mol. The molecule has 24 heavy (non-hydrogen) atoms. The van der Waals surface area contributed by atoms with E-state index < -0.39 is 0 Å². The van der Waals surface area contributed by atoms with Crippen molar-refractivity contribution in [3.05, 3.63) is 82.2 Å². The van der Waals surface area contributed by atoms with E-state index in [-0.39, 0.29) is 18.3 Å². The first-order chi connectivity index (χ1) is 11.6. The van der Waals surface area contributed by atoms with Crippen LogP contribution in [0.25, 0.3) is 0 Å². The molecule has 0 fully saturated rings. The minimum Gasteiger partial charge on any atom is -0.486 e. The van der Waals surface area contributed by atoms with Gasteiger partial charge in [0.05, 0.1) is 0 Å². The van der Waals surface area contributed by atoms with Crippen molar-refractivity contribution >= 4 is 34.8 Å². The maximum absolute atomic E-state index is 12.1. The zero-order valence-electron chi connectivity index (χ0n) is 12.5. The first-order valence-corrected chi connectivity index (χ1v) is 7.90. The van der Waals surface area contributed by atoms with Crippen LogP contribution < -0.4 is 10.1 Å². The van der Waals surface area contributed by atoms with Gasteiger partial charge in [0.1, 0.15) is 18.1 Å². The van der Waals surface area contributed by atoms with Crippen LogP contribution in [0.3, 0.4) is 0 Å². The third kappa shape index (κ3) is 4.31. The molecule has 1 aromatic heterocycles. The van der Waals surface area contributed by atoms with Crippen LogP contribution >= 0.6 is 23.2 Å². The normalized spacial score (nSPS) is 10.4. The molecule has 0 bridgehead atoms. The summed E-state index contributed by atoms with van der Waals surface area (Å²) < 4.78 is 11.1. The van der Waals surface area contributed by atoms with Crippen molar-refractivity contribution in [2.75, 3.05) is 5.32 Å². The van der Waals surface area contributed by atoms with E-state index in [1.54, 1.807) is 60.7 Å². The summed E-state index contributed by atoms with van der Waals surface area (Å²) in [5.41, 5.74) is 0.639. The topological polar surface area (TPSA) is 51.5 Å². The van der Waals surface area contributed by atoms with E-state index in [0.717, 1.165) is 0 Å². The molecule has 122 valence electrons. The quantitative estimate of drug-likeness (QED) is 0.660. The van der Waals surface area contributed by atoms with Gasteiger partial charge in [-0.15, -0.1) is 0 Å². The van der Waals surface area contributed by atoms with Gasteiger partial charge in [0.2, 0.25) is 0 Å². The lowest BCUT2D eigenvalue weighted by Gasteiger charge is -2.04. The molecule has 0 aliphatic heterocycles. The summed E-state index contributed by atoms with van der Waals surface area (Å²) in [5.74, 6) is 1.09. The van der Waals surface area contributed by atoms with Crippen LogP contribution in [-0.2, 0) is 6.61 Å². The molecule has 0 aliphatic carbocycles. The molecule has 6 heteroatoms. The van der Waals surface area contributed by atoms with Gasteiger partial charge >= 0.3 is 0 Å². The number of carbonyl (C=O) groups is 1. The Labute approximate surface area is 149 Å². The summed E-state index contributed by atoms with van der Waals surface area (Å²) in [6.07, 6.45) is 0. The highest BCUT2D eigenvalue weighted by Gasteiger charge is 2.12. The lowest BCUT2D eigenvalue weighted by Crippen LogP contribution is -2.10. The molecule has 3 aromatic rings. The molecule has 1 N–H and O–H groups in total. The second-order valence-corrected chi connectivity index (χ2v) is 5.84. The van der Waals surface area contributed by atoms with E-state index in [0.29, 0.717) is 27.2 Å². The summed E-state index contributed by atoms with van der Waals surface area (Å²) in [5, 5.41) is 3.98. The number of amides is 1. The van der Waals surface area contributed by atoms with Crippen molar-refractivity contribution in [3.8, 4) is 5.75 Å². The maximum atomic E-state index is 12.1. The summed E-state index contributed by atoms with van der Waals surface area (Å²) in [6, 6.07) is 17.1. The van der Waals surface area contributed by atoms with Gasteiger partial charge in [0, 0.05) is 15.7 Å². The van der Waals surface area contributed by atoms with E-state index in [1.807, 2.05) is 0 Å². The first-order valence-electron chi connectivity index (χ1n) is 7.14. The monoisotopic (exact) mass is 361 g/mol. The molecular weight excluding hydrogens is 349 g/mol. The average Bonchev–Trinajstić information content (AvgIpc) is 3.06. The number of ether oxygens (including phenoxy) is 1. The minimum atomic E-state index is -0.338. The van der Waals surface area contributed by atoms with Crippen molar-refractivity contribution in [1.29, 1.82) is 0 Å². The van der Waals surface area contributed by atoms with E-state index in [4.69, 9.17) is 32.4 Å². The maximum Gasteiger partial charge on any atom is 0.291 e. The summed E-state index contributed by atoms with van der Waals surface area (Å²) in [4.78, 5) is 12.1. The van der Waals surface area contributed by atoms with Gasteiger partial charge in [-0.1, -0.05) is 23.2 Å². The molecule has 1 amide bonds. The Morgan fingerprint density at radius 2 is 1.54 bits per heavy atom. The van der Waals surface area contributed by atoms with Crippen LogP contribution in [-0.4, -0.2) is 5.91 Å². The molecule has 1 heterocycles. The van der Waals surface area contributed by atoms with Crippen molar-refractivity contribution in [1.82, 2.24) is 0 Å². The molecule has 2 aromatic carbocycles. The van der Waals surface area contributed by atoms with Gasteiger partial charge in [0.15, 0.2) is 5.76 Å². The first kappa shape index (κ1) is 16.4. The van der Waals surface area contributed by atoms with Crippen molar-refractivity contribution in [2.24, 2.45) is 0 Å². The Kier molecular flexibility index (Phi) is 5.08. The number of hydrogen-bond acceptors (Lipinski definition) is 3. The van der Waals surface area contributed by atoms with E-state index in [9.17, 15) is 4.79 Å². The van der Waals surface area contributed by atoms with Gasteiger partial charge in [0.25, 0.3) is 5.91 Å². The van der Waals surface area contributed by atoms with Gasteiger partial charge in [-0.05, 0) is 60.7 Å². The average molecular weight is 362 g/mol. The molecule has 3 rings (SSSR count). The van der Waals surface area contributed by atoms with Crippen molar-refractivity contribution in [3.63, 3.8) is 0 Å². The zero-order valence-corrected chi connectivity index (χ0v) is 14.0. The third-order valence-electron chi connectivity index (χ3n) is 3.18. The number of furan rings is 1. The summed E-state index contributed by atoms with van der Waals surface area (Å²) >= 11 is 11.6. The number of carbonyl (C=O) groups excluding carboxylic acids is 1. The van der Waals surface area contributed by atoms with Crippen LogP contribution in [0.5, 0.6) is 5.75 Å². The minimum absolute atomic E-state index is 0.208. The fourth-order valence-electron chi connectivity index (χ4n) is 1.99. The standard InChI is InChI=1S/C18H13Cl2NO3/c19-12-1-5-14(6-2-12)21-18(22)17-10-9-16(24-17)11-23-15-7-3-13(20)4-8-15/h1-10H,11H2,(H,21,22). The summed E-state index contributed by atoms with van der Waals surface area (Å²) in [7, 11) is 0. The molecular formula is C18H13Cl2NO3. The fourth-order valence-corrected chi connectivity index (χ4v) is 2.24. The second kappa shape index (κ2) is 7.43. The van der Waals surface area contributed by atoms with Gasteiger partial charge in [-0.3, -0.25) is 4.79 Å². The Morgan fingerprint density at radius 3 is 2.21 bits per heavy atom. The largest absolute Gasteiger partial charge is 0.486 e. The number of halogens is 2. The molecule has 0 aliphatic rings. The Bertz CT molecular complexity index is 826. The highest BCUT2D eigenvalue weighted by Crippen LogP contribution is 2.19. The zero-order chi connectivity index (χ0) is 16.9. The number of benzene rings is 2. The van der Waals surface area contributed by atoms with Crippen molar-refractivity contribution < 1.29 is 13.9 Å². The van der Waals surface area contributed by atoms with Crippen molar-refractivity contribution in [2.45, 2.75) is 6.61 Å². The third-order valence-corrected chi connectivity index (χ3v) is 3.69. The van der Waals surface area contributed by atoms with Gasteiger partial charge < -0.3 is 14.5 Å². The van der Waals surface area contributed by atoms with Crippen LogP contribution in [0.4, 0.5) is 5.69 Å². The molecule has 0 radical (unpaired) electrons. The smallest absolute Gasteiger partial charge is 0.291 e. The van der Waals surface area contributed by atoms with Crippen LogP contribution in [0.2, 0.25) is 10.0 Å². The molecule has 0 unspecified atom stereocenters. The van der Waals surface area contributed by atoms with Crippen LogP contribution in [0.15, 0.2) is 65.1 Å². The SMILES string of the molecule is O=C(Nc1ccc(Cl)cc1)c1ccc(COc2ccc(Cl)cc2)o1. The van der Waals surface area contributed by atoms with Crippen LogP contribution in [0.1, 0.15) is 16.3 Å². The lowest BCUT2D eigenvalue weighted by atomic mass is 10.3. The van der Waals surface area contributed by atoms with E-state index >= 15 is 0 Å². The van der Waals surface area contributed by atoms with E-state index in [2.05, 4.69) is 5.32 Å². The van der Waals surface area contributed by atoms with Gasteiger partial charge in [-0.25, -0.2) is 0 Å². The molecule has 0 saturated heterocycles. The Balaban J connectivity index is 1.59. The fraction of sp³-hybridized carbons (Fsp3) is 0.0556. The van der Waals surface area contributed by atoms with E-state index in [1.165, 1.54) is 0 Å². The predicted octanol–water partition coefficient (Wildman–Crippen LogP) is 5.42.